The smallest absolute Gasteiger partial charge is 0.287 e. The SMILES string of the molecule is CC(C)CC(=O)C(=O)CCCc1ccc(O)cc1.CCC(C)C(=O)C(=O)CCCc1ccc(O)cc1.CCCCC(=O)C(=O)NCCc1ccc(O)cc1.CCCCCC(=O)NCCc1ccc(O)cc1. The maximum Gasteiger partial charge on any atom is 0.287 e. The Morgan fingerprint density at radius 1 is 0.423 bits per heavy atom. The van der Waals surface area contributed by atoms with Gasteiger partial charge >= 0.3 is 0 Å². The second-order valence-corrected chi connectivity index (χ2v) is 18.0. The predicted octanol–water partition coefficient (Wildman–Crippen LogP) is 10.2. The molecule has 6 N–H and O–H groups in total. The lowest BCUT2D eigenvalue weighted by Crippen LogP contribution is -2.32. The van der Waals surface area contributed by atoms with Crippen LogP contribution in [0, 0.1) is 11.8 Å². The average molecular weight is 981 g/mol. The summed E-state index contributed by atoms with van der Waals surface area (Å²) < 4.78 is 0. The van der Waals surface area contributed by atoms with Crippen LogP contribution in [-0.4, -0.2) is 74.2 Å². The lowest BCUT2D eigenvalue weighted by Gasteiger charge is -2.06. The van der Waals surface area contributed by atoms with E-state index in [0.717, 1.165) is 73.6 Å². The Balaban J connectivity index is 0.000000473. The van der Waals surface area contributed by atoms with Gasteiger partial charge in [0.15, 0.2) is 17.3 Å². The van der Waals surface area contributed by atoms with Gasteiger partial charge in [0, 0.05) is 51.1 Å². The third-order valence-corrected chi connectivity index (χ3v) is 11.2. The molecule has 0 saturated heterocycles. The normalized spacial score (nSPS) is 10.7. The number of carbonyl (C=O) groups is 7. The first-order valence-corrected chi connectivity index (χ1v) is 25.2. The zero-order chi connectivity index (χ0) is 53.0. The summed E-state index contributed by atoms with van der Waals surface area (Å²) in [4.78, 5) is 80.3. The fourth-order valence-electron chi connectivity index (χ4n) is 6.60. The van der Waals surface area contributed by atoms with Gasteiger partial charge in [-0.3, -0.25) is 33.6 Å². The summed E-state index contributed by atoms with van der Waals surface area (Å²) in [6.45, 7) is 12.8. The monoisotopic (exact) mass is 981 g/mol. The first kappa shape index (κ1) is 62.4. The van der Waals surface area contributed by atoms with Crippen molar-refractivity contribution in [2.45, 2.75) is 151 Å². The number of hydrogen-bond donors (Lipinski definition) is 6. The summed E-state index contributed by atoms with van der Waals surface area (Å²) in [5.41, 5.74) is 4.26. The van der Waals surface area contributed by atoms with E-state index in [0.29, 0.717) is 70.9 Å². The van der Waals surface area contributed by atoms with Crippen LogP contribution in [0.2, 0.25) is 0 Å². The number of phenols is 4. The van der Waals surface area contributed by atoms with E-state index in [1.165, 1.54) is 0 Å². The quantitative estimate of drug-likeness (QED) is 0.0232. The highest BCUT2D eigenvalue weighted by atomic mass is 16.3. The van der Waals surface area contributed by atoms with Gasteiger partial charge in [0.2, 0.25) is 17.5 Å². The van der Waals surface area contributed by atoms with Gasteiger partial charge in [-0.2, -0.15) is 0 Å². The second-order valence-electron chi connectivity index (χ2n) is 18.0. The van der Waals surface area contributed by atoms with E-state index in [9.17, 15) is 33.6 Å². The van der Waals surface area contributed by atoms with Crippen molar-refractivity contribution in [1.29, 1.82) is 0 Å². The third-order valence-electron chi connectivity index (χ3n) is 11.2. The van der Waals surface area contributed by atoms with Crippen LogP contribution in [0.5, 0.6) is 23.0 Å². The van der Waals surface area contributed by atoms with Crippen LogP contribution in [0.25, 0.3) is 0 Å². The van der Waals surface area contributed by atoms with E-state index in [-0.39, 0.29) is 69.7 Å². The van der Waals surface area contributed by atoms with Gasteiger partial charge in [0.1, 0.15) is 23.0 Å². The molecule has 0 radical (unpaired) electrons. The number of phenolic OH excluding ortho intramolecular Hbond substituents is 4. The van der Waals surface area contributed by atoms with E-state index in [4.69, 9.17) is 20.4 Å². The number of ketones is 5. The van der Waals surface area contributed by atoms with E-state index in [1.54, 1.807) is 67.6 Å². The van der Waals surface area contributed by atoms with Gasteiger partial charge in [0.25, 0.3) is 5.91 Å². The molecule has 13 heteroatoms. The maximum atomic E-state index is 11.6. The highest BCUT2D eigenvalue weighted by molar-refractivity contribution is 6.38. The third kappa shape index (κ3) is 30.6. The average Bonchev–Trinajstić information content (AvgIpc) is 3.35. The summed E-state index contributed by atoms with van der Waals surface area (Å²) in [5.74, 6) is -0.685. The molecule has 2 amide bonds. The Labute approximate surface area is 421 Å². The molecule has 388 valence electrons. The molecule has 0 aliphatic carbocycles. The molecule has 71 heavy (non-hydrogen) atoms. The highest BCUT2D eigenvalue weighted by Gasteiger charge is 2.19. The van der Waals surface area contributed by atoms with Crippen molar-refractivity contribution in [3.63, 3.8) is 0 Å². The lowest BCUT2D eigenvalue weighted by molar-refractivity contribution is -0.138. The predicted molar refractivity (Wildman–Crippen MR) is 279 cm³/mol. The molecule has 0 aliphatic heterocycles. The zero-order valence-electron chi connectivity index (χ0n) is 43.0. The zero-order valence-corrected chi connectivity index (χ0v) is 43.0. The van der Waals surface area contributed by atoms with Crippen LogP contribution in [0.1, 0.15) is 147 Å². The molecular formula is C58H80N2O11. The molecule has 0 heterocycles. The summed E-state index contributed by atoms with van der Waals surface area (Å²) in [6.07, 6.45) is 11.8. The molecule has 4 aromatic carbocycles. The van der Waals surface area contributed by atoms with Crippen molar-refractivity contribution in [2.75, 3.05) is 13.1 Å². The number of hydrogen-bond acceptors (Lipinski definition) is 11. The van der Waals surface area contributed by atoms with Gasteiger partial charge in [-0.25, -0.2) is 0 Å². The number of nitrogens with one attached hydrogen (secondary N) is 2. The lowest BCUT2D eigenvalue weighted by atomic mass is 9.97. The summed E-state index contributed by atoms with van der Waals surface area (Å²) in [5, 5.41) is 42.0. The van der Waals surface area contributed by atoms with Crippen molar-refractivity contribution in [3.8, 4) is 23.0 Å². The first-order valence-electron chi connectivity index (χ1n) is 25.2. The second kappa shape index (κ2) is 37.2. The van der Waals surface area contributed by atoms with E-state index in [2.05, 4.69) is 17.6 Å². The molecular weight excluding hydrogens is 901 g/mol. The number of amides is 2. The van der Waals surface area contributed by atoms with Gasteiger partial charge in [-0.05, 0) is 134 Å². The van der Waals surface area contributed by atoms with Crippen LogP contribution in [0.4, 0.5) is 0 Å². The van der Waals surface area contributed by atoms with Crippen LogP contribution in [0.15, 0.2) is 97.1 Å². The number of unbranched alkanes of at least 4 members (excludes halogenated alkanes) is 3. The summed E-state index contributed by atoms with van der Waals surface area (Å²) >= 11 is 0. The summed E-state index contributed by atoms with van der Waals surface area (Å²) in [7, 11) is 0. The molecule has 0 bridgehead atoms. The standard InChI is InChI=1S/2C15H20O3.C14H19NO3.C14H21NO2/c1-11(2)10-15(18)14(17)5-3-4-12-6-8-13(16)9-7-12;1-3-11(2)15(18)14(17)6-4-5-12-7-9-13(16)10-8-12;1-2-3-4-13(17)14(18)15-10-9-11-5-7-12(16)8-6-11;1-2-3-4-5-14(17)15-11-10-12-6-8-13(16)9-7-12/h6-9,11,16H,3-5,10H2,1-2H3;7-11,16H,3-6H2,1-2H3;5-8,16H,2-4,9-10H2,1H3,(H,15,18);6-9,16H,2-5,10-11H2,1H3,(H,15,17). The van der Waals surface area contributed by atoms with Crippen LogP contribution in [-0.2, 0) is 59.2 Å². The van der Waals surface area contributed by atoms with Crippen molar-refractivity contribution < 1.29 is 54.0 Å². The molecule has 0 aromatic heterocycles. The Morgan fingerprint density at radius 2 is 0.803 bits per heavy atom. The van der Waals surface area contributed by atoms with Crippen LogP contribution >= 0.6 is 0 Å². The van der Waals surface area contributed by atoms with Crippen molar-refractivity contribution in [3.05, 3.63) is 119 Å². The Hall–Kier alpha value is -6.63. The number of carbonyl (C=O) groups excluding carboxylic acids is 7. The summed E-state index contributed by atoms with van der Waals surface area (Å²) in [6, 6.07) is 27.7. The van der Waals surface area contributed by atoms with E-state index in [1.807, 2.05) is 64.1 Å². The molecule has 13 nitrogen and oxygen atoms in total. The fourth-order valence-corrected chi connectivity index (χ4v) is 6.60. The maximum absolute atomic E-state index is 11.6. The molecule has 4 rings (SSSR count). The first-order chi connectivity index (χ1) is 33.9. The Bertz CT molecular complexity index is 2170. The van der Waals surface area contributed by atoms with E-state index >= 15 is 0 Å². The fraction of sp³-hybridized carbons (Fsp3) is 0.466. The van der Waals surface area contributed by atoms with E-state index < -0.39 is 5.91 Å². The van der Waals surface area contributed by atoms with Crippen LogP contribution < -0.4 is 10.6 Å². The Kier molecular flexibility index (Phi) is 32.7. The van der Waals surface area contributed by atoms with Crippen LogP contribution in [0.3, 0.4) is 0 Å². The minimum atomic E-state index is -0.498. The number of rotatable bonds is 28. The largest absolute Gasteiger partial charge is 0.508 e. The topological polar surface area (TPSA) is 224 Å². The minimum absolute atomic E-state index is 0.136. The van der Waals surface area contributed by atoms with Gasteiger partial charge in [0.05, 0.1) is 0 Å². The molecule has 1 atom stereocenters. The molecule has 4 aromatic rings. The molecule has 1 unspecified atom stereocenters. The molecule has 0 spiro atoms. The number of Topliss-reactive ketones (excluding diaryl/α,β-unsaturated/α-hetero) is 5. The number of aromatic hydroxyl groups is 4. The van der Waals surface area contributed by atoms with Crippen molar-refractivity contribution in [1.82, 2.24) is 10.6 Å². The minimum Gasteiger partial charge on any atom is -0.508 e. The molecule has 0 aliphatic rings. The van der Waals surface area contributed by atoms with Gasteiger partial charge < -0.3 is 31.1 Å². The van der Waals surface area contributed by atoms with Crippen molar-refractivity contribution >= 4 is 40.7 Å². The number of aryl methyl sites for hydroxylation is 2. The number of benzene rings is 4. The van der Waals surface area contributed by atoms with Gasteiger partial charge in [-0.1, -0.05) is 109 Å². The molecule has 0 saturated carbocycles. The van der Waals surface area contributed by atoms with Gasteiger partial charge in [-0.15, -0.1) is 0 Å². The Morgan fingerprint density at radius 3 is 1.20 bits per heavy atom. The van der Waals surface area contributed by atoms with Crippen molar-refractivity contribution in [2.24, 2.45) is 11.8 Å². The highest BCUT2D eigenvalue weighted by Crippen LogP contribution is 2.15. The molecule has 0 fully saturated rings.